The second-order valence-electron chi connectivity index (χ2n) is 3.97. The molecule has 82 valence electrons. The third kappa shape index (κ3) is 2.02. The highest BCUT2D eigenvalue weighted by molar-refractivity contribution is 5.96. The van der Waals surface area contributed by atoms with Crippen molar-refractivity contribution in [2.45, 2.75) is 26.3 Å². The molecule has 5 nitrogen and oxygen atoms in total. The molecule has 1 aromatic rings. The number of hydrogen-bond acceptors (Lipinski definition) is 3. The van der Waals surface area contributed by atoms with Gasteiger partial charge in [0.05, 0.1) is 11.3 Å². The van der Waals surface area contributed by atoms with Crippen LogP contribution < -0.4 is 10.6 Å². The van der Waals surface area contributed by atoms with Crippen LogP contribution >= 0.6 is 0 Å². The highest BCUT2D eigenvalue weighted by Gasteiger charge is 2.20. The lowest BCUT2D eigenvalue weighted by Crippen LogP contribution is -2.36. The summed E-state index contributed by atoms with van der Waals surface area (Å²) in [6, 6.07) is 0.256. The fourth-order valence-corrected chi connectivity index (χ4v) is 1.92. The maximum atomic E-state index is 11.9. The standard InChI is InChI=1S/C10H16N4O/c1-6-9(7(2)14-13-6)10(15)12-8-3-4-11-5-8/h8,11H,3-5H2,1-2H3,(H,12,15)(H,13,14)/t8-/m1/s1. The summed E-state index contributed by atoms with van der Waals surface area (Å²) >= 11 is 0. The Labute approximate surface area is 88.6 Å². The zero-order chi connectivity index (χ0) is 10.8. The Morgan fingerprint density at radius 3 is 2.87 bits per heavy atom. The predicted molar refractivity (Wildman–Crippen MR) is 56.8 cm³/mol. The average Bonchev–Trinajstić information content (AvgIpc) is 2.77. The molecule has 2 heterocycles. The Hall–Kier alpha value is -1.36. The molecule has 1 aliphatic heterocycles. The van der Waals surface area contributed by atoms with Crippen molar-refractivity contribution in [3.8, 4) is 0 Å². The van der Waals surface area contributed by atoms with Gasteiger partial charge < -0.3 is 10.6 Å². The molecule has 1 fully saturated rings. The van der Waals surface area contributed by atoms with Gasteiger partial charge >= 0.3 is 0 Å². The van der Waals surface area contributed by atoms with Crippen molar-refractivity contribution in [1.29, 1.82) is 0 Å². The van der Waals surface area contributed by atoms with E-state index >= 15 is 0 Å². The Balaban J connectivity index is 2.07. The number of hydrogen-bond donors (Lipinski definition) is 3. The molecule has 1 amide bonds. The third-order valence-corrected chi connectivity index (χ3v) is 2.75. The first-order valence-electron chi connectivity index (χ1n) is 5.21. The number of nitrogens with one attached hydrogen (secondary N) is 3. The molecular weight excluding hydrogens is 192 g/mol. The quantitative estimate of drug-likeness (QED) is 0.646. The number of aromatic nitrogens is 2. The lowest BCUT2D eigenvalue weighted by molar-refractivity contribution is 0.0939. The van der Waals surface area contributed by atoms with Crippen molar-refractivity contribution >= 4 is 5.91 Å². The van der Waals surface area contributed by atoms with Gasteiger partial charge in [-0.3, -0.25) is 9.89 Å². The molecule has 1 aromatic heterocycles. The maximum absolute atomic E-state index is 11.9. The Kier molecular flexibility index (Phi) is 2.73. The molecule has 0 radical (unpaired) electrons. The molecule has 1 saturated heterocycles. The summed E-state index contributed by atoms with van der Waals surface area (Å²) in [6.45, 7) is 5.54. The lowest BCUT2D eigenvalue weighted by Gasteiger charge is -2.11. The van der Waals surface area contributed by atoms with Crippen LogP contribution in [0.15, 0.2) is 0 Å². The topological polar surface area (TPSA) is 69.8 Å². The number of nitrogens with zero attached hydrogens (tertiary/aromatic N) is 1. The number of H-pyrrole nitrogens is 1. The summed E-state index contributed by atoms with van der Waals surface area (Å²) in [5.41, 5.74) is 2.27. The van der Waals surface area contributed by atoms with E-state index in [0.717, 1.165) is 30.9 Å². The lowest BCUT2D eigenvalue weighted by atomic mass is 10.1. The Morgan fingerprint density at radius 2 is 2.33 bits per heavy atom. The first-order valence-corrected chi connectivity index (χ1v) is 5.21. The largest absolute Gasteiger partial charge is 0.348 e. The third-order valence-electron chi connectivity index (χ3n) is 2.75. The summed E-state index contributed by atoms with van der Waals surface area (Å²) in [4.78, 5) is 11.9. The molecule has 15 heavy (non-hydrogen) atoms. The summed E-state index contributed by atoms with van der Waals surface area (Å²) < 4.78 is 0. The van der Waals surface area contributed by atoms with Crippen LogP contribution in [0.2, 0.25) is 0 Å². The highest BCUT2D eigenvalue weighted by Crippen LogP contribution is 2.10. The van der Waals surface area contributed by atoms with Crippen molar-refractivity contribution in [2.24, 2.45) is 0 Å². The van der Waals surface area contributed by atoms with E-state index in [1.165, 1.54) is 0 Å². The second-order valence-corrected chi connectivity index (χ2v) is 3.97. The van der Waals surface area contributed by atoms with Crippen molar-refractivity contribution < 1.29 is 4.79 Å². The van der Waals surface area contributed by atoms with E-state index in [-0.39, 0.29) is 11.9 Å². The molecule has 2 rings (SSSR count). The number of rotatable bonds is 2. The molecule has 0 bridgehead atoms. The number of aryl methyl sites for hydroxylation is 2. The molecule has 1 atom stereocenters. The smallest absolute Gasteiger partial charge is 0.255 e. The van der Waals surface area contributed by atoms with Gasteiger partial charge in [-0.1, -0.05) is 0 Å². The van der Waals surface area contributed by atoms with Crippen molar-refractivity contribution in [3.05, 3.63) is 17.0 Å². The number of amides is 1. The molecule has 0 spiro atoms. The summed E-state index contributed by atoms with van der Waals surface area (Å²) in [5.74, 6) is -0.0209. The van der Waals surface area contributed by atoms with Crippen LogP contribution in [0.5, 0.6) is 0 Å². The normalized spacial score (nSPS) is 20.5. The zero-order valence-electron chi connectivity index (χ0n) is 9.05. The minimum Gasteiger partial charge on any atom is -0.348 e. The van der Waals surface area contributed by atoms with Crippen molar-refractivity contribution in [1.82, 2.24) is 20.8 Å². The van der Waals surface area contributed by atoms with Gasteiger partial charge in [0.25, 0.3) is 5.91 Å². The van der Waals surface area contributed by atoms with Gasteiger partial charge in [-0.2, -0.15) is 5.10 Å². The summed E-state index contributed by atoms with van der Waals surface area (Å²) in [6.07, 6.45) is 1.00. The molecule has 3 N–H and O–H groups in total. The second kappa shape index (κ2) is 4.02. The number of aromatic amines is 1. The van der Waals surface area contributed by atoms with E-state index in [1.807, 2.05) is 13.8 Å². The van der Waals surface area contributed by atoms with Gasteiger partial charge in [-0.25, -0.2) is 0 Å². The fourth-order valence-electron chi connectivity index (χ4n) is 1.92. The minimum atomic E-state index is -0.0209. The van der Waals surface area contributed by atoms with E-state index in [2.05, 4.69) is 20.8 Å². The molecular formula is C10H16N4O. The Bertz CT molecular complexity index is 346. The molecule has 0 aromatic carbocycles. The predicted octanol–water partition coefficient (Wildman–Crippen LogP) is 0.118. The molecule has 0 aliphatic carbocycles. The highest BCUT2D eigenvalue weighted by atomic mass is 16.1. The average molecular weight is 208 g/mol. The van der Waals surface area contributed by atoms with Crippen molar-refractivity contribution in [3.63, 3.8) is 0 Å². The van der Waals surface area contributed by atoms with Crippen LogP contribution in [0.25, 0.3) is 0 Å². The van der Waals surface area contributed by atoms with Gasteiger partial charge in [0.1, 0.15) is 0 Å². The SMILES string of the molecule is Cc1n[nH]c(C)c1C(=O)N[C@@H]1CCNC1. The summed E-state index contributed by atoms with van der Waals surface area (Å²) in [7, 11) is 0. The molecule has 5 heteroatoms. The molecule has 0 saturated carbocycles. The van der Waals surface area contributed by atoms with E-state index in [9.17, 15) is 4.79 Å². The molecule has 0 unspecified atom stereocenters. The van der Waals surface area contributed by atoms with E-state index in [0.29, 0.717) is 5.56 Å². The number of carbonyl (C=O) groups excluding carboxylic acids is 1. The zero-order valence-corrected chi connectivity index (χ0v) is 9.05. The van der Waals surface area contributed by atoms with Gasteiger partial charge in [0.2, 0.25) is 0 Å². The monoisotopic (exact) mass is 208 g/mol. The first-order chi connectivity index (χ1) is 7.18. The van der Waals surface area contributed by atoms with Crippen LogP contribution in [0.3, 0.4) is 0 Å². The van der Waals surface area contributed by atoms with Gasteiger partial charge in [-0.05, 0) is 26.8 Å². The van der Waals surface area contributed by atoms with Crippen LogP contribution in [0.4, 0.5) is 0 Å². The van der Waals surface area contributed by atoms with Gasteiger partial charge in [-0.15, -0.1) is 0 Å². The summed E-state index contributed by atoms with van der Waals surface area (Å²) in [5, 5.41) is 13.0. The number of carbonyl (C=O) groups is 1. The minimum absolute atomic E-state index is 0.0209. The van der Waals surface area contributed by atoms with Crippen LogP contribution in [-0.2, 0) is 0 Å². The van der Waals surface area contributed by atoms with E-state index in [4.69, 9.17) is 0 Å². The Morgan fingerprint density at radius 1 is 1.53 bits per heavy atom. The first kappa shape index (κ1) is 10.2. The maximum Gasteiger partial charge on any atom is 0.255 e. The van der Waals surface area contributed by atoms with Crippen LogP contribution in [0, 0.1) is 13.8 Å². The van der Waals surface area contributed by atoms with Gasteiger partial charge in [0.15, 0.2) is 0 Å². The van der Waals surface area contributed by atoms with E-state index < -0.39 is 0 Å². The van der Waals surface area contributed by atoms with Crippen LogP contribution in [0.1, 0.15) is 28.2 Å². The molecule has 1 aliphatic rings. The van der Waals surface area contributed by atoms with E-state index in [1.54, 1.807) is 0 Å². The van der Waals surface area contributed by atoms with Gasteiger partial charge in [0, 0.05) is 18.3 Å². The van der Waals surface area contributed by atoms with Crippen LogP contribution in [-0.4, -0.2) is 35.2 Å². The van der Waals surface area contributed by atoms with Crippen molar-refractivity contribution in [2.75, 3.05) is 13.1 Å². The fraction of sp³-hybridized carbons (Fsp3) is 0.600.